The standard InChI is InChI=1S/C28H33Cl2N5O4S2/c29-20-10-8-18(13-21(20)30)14-23(34-41(38,39)16-17-5-2-1-3-6-17)27(37)35-12-4-7-24(35)26(36)32-19-9-11-22-25(15-19)40-28(31)33-22/h1-3,5-6,8,10,13,19,23-24,26,32,34,36H,4,7,9,11-12,14-16H2,(H2,31,33)/t19?,23-,24+,26?/m1/s1. The average molecular weight is 639 g/mol. The van der Waals surface area contributed by atoms with Gasteiger partial charge in [0.05, 0.1) is 27.5 Å². The third kappa shape index (κ3) is 7.59. The van der Waals surface area contributed by atoms with E-state index in [2.05, 4.69) is 15.0 Å². The van der Waals surface area contributed by atoms with Crippen LogP contribution in [0, 0.1) is 0 Å². The monoisotopic (exact) mass is 637 g/mol. The topological polar surface area (TPSA) is 138 Å². The molecule has 3 aromatic rings. The molecule has 0 saturated carbocycles. The van der Waals surface area contributed by atoms with Crippen molar-refractivity contribution in [2.45, 2.75) is 68.6 Å². The number of aliphatic hydroxyl groups excluding tert-OH is 1. The molecule has 5 rings (SSSR count). The molecule has 2 unspecified atom stereocenters. The maximum absolute atomic E-state index is 14.0. The molecule has 1 aliphatic heterocycles. The van der Waals surface area contributed by atoms with Crippen LogP contribution in [0.2, 0.25) is 10.0 Å². The Kier molecular flexibility index (Phi) is 9.54. The van der Waals surface area contributed by atoms with Gasteiger partial charge in [-0.3, -0.25) is 10.1 Å². The van der Waals surface area contributed by atoms with Gasteiger partial charge in [-0.15, -0.1) is 11.3 Å². The number of halogens is 2. The number of benzene rings is 2. The quantitative estimate of drug-likeness (QED) is 0.250. The molecule has 2 aliphatic rings. The lowest BCUT2D eigenvalue weighted by Crippen LogP contribution is -2.57. The van der Waals surface area contributed by atoms with E-state index >= 15 is 0 Å². The van der Waals surface area contributed by atoms with Crippen LogP contribution in [0.1, 0.15) is 41.0 Å². The van der Waals surface area contributed by atoms with Gasteiger partial charge < -0.3 is 15.7 Å². The molecule has 13 heteroatoms. The third-order valence-electron chi connectivity index (χ3n) is 7.55. The molecule has 0 bridgehead atoms. The van der Waals surface area contributed by atoms with E-state index < -0.39 is 34.2 Å². The SMILES string of the molecule is Nc1nc2c(s1)CC(NC(O)[C@@H]1CCCN1C(=O)[C@@H](Cc1ccc(Cl)c(Cl)c1)NS(=O)(=O)Cc1ccccc1)CC2. The number of carbonyl (C=O) groups is 1. The highest BCUT2D eigenvalue weighted by Gasteiger charge is 2.39. The van der Waals surface area contributed by atoms with Crippen LogP contribution in [0.5, 0.6) is 0 Å². The zero-order valence-corrected chi connectivity index (χ0v) is 25.4. The number of hydrogen-bond donors (Lipinski definition) is 4. The number of likely N-dealkylation sites (tertiary alicyclic amines) is 1. The van der Waals surface area contributed by atoms with Gasteiger partial charge in [0.25, 0.3) is 0 Å². The van der Waals surface area contributed by atoms with Crippen molar-refractivity contribution in [1.82, 2.24) is 19.9 Å². The zero-order chi connectivity index (χ0) is 29.1. The number of amides is 1. The van der Waals surface area contributed by atoms with Crippen LogP contribution < -0.4 is 15.8 Å². The van der Waals surface area contributed by atoms with Crippen molar-refractivity contribution in [3.05, 3.63) is 80.3 Å². The van der Waals surface area contributed by atoms with Crippen molar-refractivity contribution in [1.29, 1.82) is 0 Å². The lowest BCUT2D eigenvalue weighted by Gasteiger charge is -2.34. The number of anilines is 1. The Bertz CT molecular complexity index is 1490. The molecular weight excluding hydrogens is 605 g/mol. The van der Waals surface area contributed by atoms with Crippen molar-refractivity contribution >= 4 is 55.6 Å². The maximum Gasteiger partial charge on any atom is 0.241 e. The summed E-state index contributed by atoms with van der Waals surface area (Å²) in [5.74, 6) is -0.657. The fourth-order valence-electron chi connectivity index (χ4n) is 5.62. The first kappa shape index (κ1) is 30.2. The number of nitrogens with one attached hydrogen (secondary N) is 2. The minimum Gasteiger partial charge on any atom is -0.376 e. The second-order valence-corrected chi connectivity index (χ2v) is 14.3. The predicted octanol–water partition coefficient (Wildman–Crippen LogP) is 3.52. The van der Waals surface area contributed by atoms with E-state index in [9.17, 15) is 18.3 Å². The highest BCUT2D eigenvalue weighted by Crippen LogP contribution is 2.30. The summed E-state index contributed by atoms with van der Waals surface area (Å²) in [7, 11) is -3.88. The van der Waals surface area contributed by atoms with E-state index in [0.29, 0.717) is 52.1 Å². The van der Waals surface area contributed by atoms with Crippen molar-refractivity contribution < 1.29 is 18.3 Å². The highest BCUT2D eigenvalue weighted by atomic mass is 35.5. The average Bonchev–Trinajstić information content (AvgIpc) is 3.56. The fourth-order valence-corrected chi connectivity index (χ4v) is 8.23. The molecule has 4 atom stereocenters. The van der Waals surface area contributed by atoms with Gasteiger partial charge in [0.2, 0.25) is 15.9 Å². The first-order valence-electron chi connectivity index (χ1n) is 13.5. The summed E-state index contributed by atoms with van der Waals surface area (Å²) in [6.45, 7) is 0.417. The number of aryl methyl sites for hydroxylation is 1. The van der Waals surface area contributed by atoms with Crippen LogP contribution >= 0.6 is 34.5 Å². The highest BCUT2D eigenvalue weighted by molar-refractivity contribution is 7.88. The molecule has 0 radical (unpaired) electrons. The molecule has 1 saturated heterocycles. The van der Waals surface area contributed by atoms with Gasteiger partial charge in [-0.1, -0.05) is 59.6 Å². The fraction of sp³-hybridized carbons (Fsp3) is 0.429. The van der Waals surface area contributed by atoms with Gasteiger partial charge in [0.15, 0.2) is 5.13 Å². The normalized spacial score (nSPS) is 20.5. The Morgan fingerprint density at radius 1 is 1.15 bits per heavy atom. The van der Waals surface area contributed by atoms with E-state index in [0.717, 1.165) is 23.4 Å². The molecule has 41 heavy (non-hydrogen) atoms. The van der Waals surface area contributed by atoms with Crippen molar-refractivity contribution in [3.63, 3.8) is 0 Å². The number of carbonyl (C=O) groups excluding carboxylic acids is 1. The summed E-state index contributed by atoms with van der Waals surface area (Å²) >= 11 is 13.8. The number of fused-ring (bicyclic) bond motifs is 1. The maximum atomic E-state index is 14.0. The number of rotatable bonds is 10. The van der Waals surface area contributed by atoms with Gasteiger partial charge in [0.1, 0.15) is 12.3 Å². The second kappa shape index (κ2) is 12.9. The summed E-state index contributed by atoms with van der Waals surface area (Å²) in [4.78, 5) is 21.1. The Hall–Kier alpha value is -2.25. The van der Waals surface area contributed by atoms with Gasteiger partial charge in [0, 0.05) is 17.5 Å². The molecular formula is C28H33Cl2N5O4S2. The van der Waals surface area contributed by atoms with E-state index in [1.807, 2.05) is 6.07 Å². The molecule has 2 aromatic carbocycles. The minimum absolute atomic E-state index is 0.0197. The van der Waals surface area contributed by atoms with Gasteiger partial charge in [-0.25, -0.2) is 18.1 Å². The smallest absolute Gasteiger partial charge is 0.241 e. The molecule has 220 valence electrons. The van der Waals surface area contributed by atoms with Crippen LogP contribution in [0.4, 0.5) is 5.13 Å². The molecule has 1 aliphatic carbocycles. The Labute approximate surface area is 254 Å². The van der Waals surface area contributed by atoms with E-state index in [-0.39, 0.29) is 18.2 Å². The summed E-state index contributed by atoms with van der Waals surface area (Å²) < 4.78 is 29.1. The number of sulfonamides is 1. The number of aliphatic hydroxyl groups is 1. The van der Waals surface area contributed by atoms with Crippen molar-refractivity contribution in [2.75, 3.05) is 12.3 Å². The number of nitrogens with zero attached hydrogens (tertiary/aromatic N) is 2. The van der Waals surface area contributed by atoms with Gasteiger partial charge in [-0.05, 0) is 61.8 Å². The first-order valence-corrected chi connectivity index (χ1v) is 16.8. The Balaban J connectivity index is 1.32. The molecule has 0 spiro atoms. The number of nitrogen functional groups attached to an aromatic ring is 1. The number of nitrogens with two attached hydrogens (primary N) is 1. The summed E-state index contributed by atoms with van der Waals surface area (Å²) in [5.41, 5.74) is 8.16. The summed E-state index contributed by atoms with van der Waals surface area (Å²) in [6.07, 6.45) is 2.69. The summed E-state index contributed by atoms with van der Waals surface area (Å²) in [5, 5.41) is 15.8. The van der Waals surface area contributed by atoms with Crippen molar-refractivity contribution in [2.24, 2.45) is 0 Å². The third-order valence-corrected chi connectivity index (χ3v) is 10.6. The van der Waals surface area contributed by atoms with E-state index in [4.69, 9.17) is 28.9 Å². The van der Waals surface area contributed by atoms with Crippen LogP contribution in [0.3, 0.4) is 0 Å². The van der Waals surface area contributed by atoms with E-state index in [1.54, 1.807) is 47.4 Å². The summed E-state index contributed by atoms with van der Waals surface area (Å²) in [6, 6.07) is 12.2. The number of hydrogen-bond acceptors (Lipinski definition) is 8. The molecule has 1 fully saturated rings. The van der Waals surface area contributed by atoms with Crippen LogP contribution in [0.25, 0.3) is 0 Å². The predicted molar refractivity (Wildman–Crippen MR) is 162 cm³/mol. The van der Waals surface area contributed by atoms with Crippen LogP contribution in [0.15, 0.2) is 48.5 Å². The van der Waals surface area contributed by atoms with Crippen LogP contribution in [-0.2, 0) is 39.8 Å². The van der Waals surface area contributed by atoms with E-state index in [1.165, 1.54) is 11.3 Å². The minimum atomic E-state index is -3.88. The molecule has 1 aromatic heterocycles. The first-order chi connectivity index (χ1) is 19.6. The largest absolute Gasteiger partial charge is 0.376 e. The number of thiazole rings is 1. The molecule has 5 N–H and O–H groups in total. The lowest BCUT2D eigenvalue weighted by atomic mass is 9.97. The zero-order valence-electron chi connectivity index (χ0n) is 22.3. The number of aromatic nitrogens is 1. The Morgan fingerprint density at radius 2 is 1.93 bits per heavy atom. The molecule has 9 nitrogen and oxygen atoms in total. The van der Waals surface area contributed by atoms with Gasteiger partial charge >= 0.3 is 0 Å². The lowest BCUT2D eigenvalue weighted by molar-refractivity contribution is -0.136. The molecule has 1 amide bonds. The van der Waals surface area contributed by atoms with Crippen molar-refractivity contribution in [3.8, 4) is 0 Å². The van der Waals surface area contributed by atoms with Gasteiger partial charge in [-0.2, -0.15) is 0 Å². The second-order valence-electron chi connectivity index (χ2n) is 10.6. The van der Waals surface area contributed by atoms with Crippen LogP contribution in [-0.4, -0.2) is 60.2 Å². The molecule has 2 heterocycles. The Morgan fingerprint density at radius 3 is 2.68 bits per heavy atom.